The average molecular weight is 346 g/mol. The fraction of sp³-hybridized carbons (Fsp3) is 0.389. The number of imidazole rings is 1. The summed E-state index contributed by atoms with van der Waals surface area (Å²) in [5, 5.41) is 9.70. The van der Waals surface area contributed by atoms with Gasteiger partial charge in [0.05, 0.1) is 6.33 Å². The predicted octanol–water partition coefficient (Wildman–Crippen LogP) is 2.84. The number of hydrogen-bond acceptors (Lipinski definition) is 4. The van der Waals surface area contributed by atoms with E-state index < -0.39 is 23.7 Å². The molecular formula is C18H23N3O4. The van der Waals surface area contributed by atoms with E-state index in [1.807, 2.05) is 30.3 Å². The number of rotatable bonds is 6. The summed E-state index contributed by atoms with van der Waals surface area (Å²) in [6.45, 7) is 3.18. The average Bonchev–Trinajstić information content (AvgIpc) is 3.11. The molecule has 1 heterocycles. The number of nitrogens with zero attached hydrogens (tertiary/aromatic N) is 2. The SMILES string of the molecule is [2H]CC(C)(C)OC(=O)N(Cc1ccccc1)[C@@H](Cc1cnc[nH]1)C(=O)O. The number of carbonyl (C=O) groups is 2. The van der Waals surface area contributed by atoms with Crippen LogP contribution in [-0.4, -0.2) is 43.7 Å². The van der Waals surface area contributed by atoms with Gasteiger partial charge in [0.15, 0.2) is 0 Å². The molecule has 1 atom stereocenters. The number of carboxylic acids is 1. The van der Waals surface area contributed by atoms with Gasteiger partial charge in [-0.2, -0.15) is 0 Å². The summed E-state index contributed by atoms with van der Waals surface area (Å²) in [4.78, 5) is 32.5. The van der Waals surface area contributed by atoms with E-state index in [0.717, 1.165) is 5.56 Å². The minimum atomic E-state index is -1.14. The second-order valence-corrected chi connectivity index (χ2v) is 6.38. The number of amides is 1. The Balaban J connectivity index is 2.29. The number of benzene rings is 1. The van der Waals surface area contributed by atoms with Crippen molar-refractivity contribution in [3.8, 4) is 0 Å². The van der Waals surface area contributed by atoms with Crippen LogP contribution in [0, 0.1) is 0 Å². The predicted molar refractivity (Wildman–Crippen MR) is 91.9 cm³/mol. The molecule has 1 aromatic carbocycles. The number of carbonyl (C=O) groups excluding carboxylic acids is 1. The van der Waals surface area contributed by atoms with Crippen LogP contribution in [-0.2, 0) is 22.5 Å². The first-order valence-corrected chi connectivity index (χ1v) is 7.85. The number of ether oxygens (including phenoxy) is 1. The quantitative estimate of drug-likeness (QED) is 0.838. The number of aromatic amines is 1. The zero-order valence-corrected chi connectivity index (χ0v) is 14.3. The molecule has 1 aromatic heterocycles. The maximum atomic E-state index is 12.7. The van der Waals surface area contributed by atoms with E-state index in [0.29, 0.717) is 5.69 Å². The lowest BCUT2D eigenvalue weighted by molar-refractivity contribution is -0.143. The Hall–Kier alpha value is -2.83. The zero-order chi connectivity index (χ0) is 19.2. The van der Waals surface area contributed by atoms with Crippen molar-refractivity contribution in [2.45, 2.75) is 45.4 Å². The number of aromatic nitrogens is 2. The van der Waals surface area contributed by atoms with Gasteiger partial charge in [-0.3, -0.25) is 4.90 Å². The minimum absolute atomic E-state index is 0.0680. The molecule has 7 heteroatoms. The van der Waals surface area contributed by atoms with Gasteiger partial charge in [-0.1, -0.05) is 30.3 Å². The second-order valence-electron chi connectivity index (χ2n) is 6.38. The monoisotopic (exact) mass is 346 g/mol. The molecule has 0 aliphatic heterocycles. The lowest BCUT2D eigenvalue weighted by Gasteiger charge is -2.31. The Labute approximate surface area is 148 Å². The van der Waals surface area contributed by atoms with E-state index in [1.54, 1.807) is 13.8 Å². The van der Waals surface area contributed by atoms with Crippen molar-refractivity contribution in [2.75, 3.05) is 0 Å². The highest BCUT2D eigenvalue weighted by Crippen LogP contribution is 2.17. The van der Waals surface area contributed by atoms with Gasteiger partial charge >= 0.3 is 12.1 Å². The fourth-order valence-corrected chi connectivity index (χ4v) is 2.31. The minimum Gasteiger partial charge on any atom is -0.480 e. The maximum Gasteiger partial charge on any atom is 0.411 e. The van der Waals surface area contributed by atoms with Crippen molar-refractivity contribution in [1.82, 2.24) is 14.9 Å². The van der Waals surface area contributed by atoms with Gasteiger partial charge in [0.25, 0.3) is 0 Å². The van der Waals surface area contributed by atoms with Crippen molar-refractivity contribution in [2.24, 2.45) is 0 Å². The summed E-state index contributed by atoms with van der Waals surface area (Å²) in [7, 11) is 0. The van der Waals surface area contributed by atoms with Crippen LogP contribution in [0.5, 0.6) is 0 Å². The molecule has 0 bridgehead atoms. The zero-order valence-electron chi connectivity index (χ0n) is 15.3. The molecular weight excluding hydrogens is 322 g/mol. The number of H-pyrrole nitrogens is 1. The highest BCUT2D eigenvalue weighted by molar-refractivity contribution is 5.80. The van der Waals surface area contributed by atoms with Crippen LogP contribution in [0.3, 0.4) is 0 Å². The molecule has 7 nitrogen and oxygen atoms in total. The van der Waals surface area contributed by atoms with Gasteiger partial charge in [0.2, 0.25) is 0 Å². The van der Waals surface area contributed by atoms with Crippen LogP contribution in [0.1, 0.15) is 33.4 Å². The molecule has 0 unspecified atom stereocenters. The summed E-state index contributed by atoms with van der Waals surface area (Å²) in [6.07, 6.45) is 2.28. The molecule has 0 spiro atoms. The van der Waals surface area contributed by atoms with Gasteiger partial charge in [0.1, 0.15) is 11.6 Å². The van der Waals surface area contributed by atoms with E-state index in [9.17, 15) is 14.7 Å². The van der Waals surface area contributed by atoms with E-state index >= 15 is 0 Å². The molecule has 2 N–H and O–H groups in total. The maximum absolute atomic E-state index is 12.7. The number of aliphatic carboxylic acids is 1. The van der Waals surface area contributed by atoms with Gasteiger partial charge in [-0.15, -0.1) is 0 Å². The molecule has 0 aliphatic rings. The summed E-state index contributed by atoms with van der Waals surface area (Å²) in [5.41, 5.74) is 0.371. The third-order valence-corrected chi connectivity index (χ3v) is 3.42. The Kier molecular flexibility index (Phi) is 5.33. The van der Waals surface area contributed by atoms with Crippen molar-refractivity contribution in [3.63, 3.8) is 0 Å². The smallest absolute Gasteiger partial charge is 0.411 e. The summed E-state index contributed by atoms with van der Waals surface area (Å²) >= 11 is 0. The summed E-state index contributed by atoms with van der Waals surface area (Å²) < 4.78 is 12.9. The molecule has 2 rings (SSSR count). The van der Waals surface area contributed by atoms with E-state index in [-0.39, 0.29) is 19.9 Å². The highest BCUT2D eigenvalue weighted by Gasteiger charge is 2.33. The molecule has 25 heavy (non-hydrogen) atoms. The number of carboxylic acid groups (broad SMARTS) is 1. The van der Waals surface area contributed by atoms with Crippen LogP contribution < -0.4 is 0 Å². The van der Waals surface area contributed by atoms with Gasteiger partial charge in [-0.25, -0.2) is 14.6 Å². The topological polar surface area (TPSA) is 95.5 Å². The highest BCUT2D eigenvalue weighted by atomic mass is 16.6. The van der Waals surface area contributed by atoms with Crippen LogP contribution in [0.4, 0.5) is 4.79 Å². The Morgan fingerprint density at radius 1 is 1.40 bits per heavy atom. The van der Waals surface area contributed by atoms with Crippen molar-refractivity contribution in [1.29, 1.82) is 0 Å². The Bertz CT molecular complexity index is 719. The van der Waals surface area contributed by atoms with Crippen LogP contribution in [0.25, 0.3) is 0 Å². The van der Waals surface area contributed by atoms with E-state index in [1.165, 1.54) is 17.4 Å². The van der Waals surface area contributed by atoms with Crippen LogP contribution in [0.2, 0.25) is 0 Å². The van der Waals surface area contributed by atoms with Gasteiger partial charge in [-0.05, 0) is 26.3 Å². The van der Waals surface area contributed by atoms with E-state index in [4.69, 9.17) is 6.11 Å². The Morgan fingerprint density at radius 2 is 2.12 bits per heavy atom. The molecule has 0 aliphatic carbocycles. The first-order chi connectivity index (χ1) is 12.3. The van der Waals surface area contributed by atoms with Crippen molar-refractivity contribution < 1.29 is 20.8 Å². The molecule has 0 radical (unpaired) electrons. The fourth-order valence-electron chi connectivity index (χ4n) is 2.31. The number of nitrogens with one attached hydrogen (secondary N) is 1. The molecule has 134 valence electrons. The van der Waals surface area contributed by atoms with Gasteiger partial charge < -0.3 is 14.8 Å². The van der Waals surface area contributed by atoms with Crippen molar-refractivity contribution in [3.05, 3.63) is 54.1 Å². The molecule has 0 fully saturated rings. The molecule has 0 saturated carbocycles. The Morgan fingerprint density at radius 3 is 2.68 bits per heavy atom. The molecule has 1 amide bonds. The van der Waals surface area contributed by atoms with Crippen LogP contribution in [0.15, 0.2) is 42.9 Å². The number of hydrogen-bond donors (Lipinski definition) is 2. The third kappa shape index (κ3) is 5.63. The first kappa shape index (κ1) is 17.0. The van der Waals surface area contributed by atoms with Crippen molar-refractivity contribution >= 4 is 12.1 Å². The largest absolute Gasteiger partial charge is 0.480 e. The summed E-state index contributed by atoms with van der Waals surface area (Å²) in [5.74, 6) is -1.14. The molecule has 2 aromatic rings. The summed E-state index contributed by atoms with van der Waals surface area (Å²) in [6, 6.07) is 7.96. The standard InChI is InChI=1S/C18H23N3O4/c1-18(2,3)25-17(24)21(11-13-7-5-4-6-8-13)15(16(22)23)9-14-10-19-12-20-14/h4-8,10,12,15H,9,11H2,1-3H3,(H,19,20)(H,22,23)/t15-/m0/s1/i1D. The normalized spacial score (nSPS) is 13.0. The van der Waals surface area contributed by atoms with Crippen LogP contribution >= 0.6 is 0 Å². The molecule has 0 saturated heterocycles. The third-order valence-electron chi connectivity index (χ3n) is 3.42. The van der Waals surface area contributed by atoms with E-state index in [2.05, 4.69) is 9.97 Å². The first-order valence-electron chi connectivity index (χ1n) is 8.56. The lowest BCUT2D eigenvalue weighted by atomic mass is 10.1. The second kappa shape index (κ2) is 7.83. The van der Waals surface area contributed by atoms with Gasteiger partial charge in [0, 0.05) is 26.2 Å². The lowest BCUT2D eigenvalue weighted by Crippen LogP contribution is -2.48.